The number of carboxylic acid groups (broad SMARTS) is 2. The average Bonchev–Trinajstić information content (AvgIpc) is 3.02. The lowest BCUT2D eigenvalue weighted by Crippen LogP contribution is -2.48. The van der Waals surface area contributed by atoms with Crippen LogP contribution in [-0.4, -0.2) is 115 Å². The van der Waals surface area contributed by atoms with Crippen LogP contribution in [0.5, 0.6) is 0 Å². The lowest BCUT2D eigenvalue weighted by atomic mass is 10.1. The topological polar surface area (TPSA) is 253 Å². The maximum atomic E-state index is 12.6. The molecular formula is C31H55N5O11S. The zero-order chi connectivity index (χ0) is 36.0. The first-order chi connectivity index (χ1) is 22.9. The lowest BCUT2D eigenvalue weighted by Gasteiger charge is -2.18. The number of hydrogen-bond acceptors (Lipinski definition) is 10. The first-order valence-electron chi connectivity index (χ1n) is 16.5. The lowest BCUT2D eigenvalue weighted by molar-refractivity contribution is -0.138. The summed E-state index contributed by atoms with van der Waals surface area (Å²) in [5.41, 5.74) is 5.06. The molecule has 0 saturated heterocycles. The van der Waals surface area contributed by atoms with Crippen molar-refractivity contribution in [2.45, 2.75) is 90.0 Å². The quantitative estimate of drug-likeness (QED) is 0.0474. The maximum Gasteiger partial charge on any atom is 0.303 e. The highest BCUT2D eigenvalue weighted by atomic mass is 32.2. The Hall–Kier alpha value is -3.44. The van der Waals surface area contributed by atoms with Crippen molar-refractivity contribution in [3.63, 3.8) is 0 Å². The van der Waals surface area contributed by atoms with Gasteiger partial charge in [0.1, 0.15) is 12.6 Å². The fraction of sp³-hybridized carbons (Fsp3) is 0.774. The Kier molecular flexibility index (Phi) is 27.6. The molecule has 2 atom stereocenters. The van der Waals surface area contributed by atoms with Crippen molar-refractivity contribution in [1.82, 2.24) is 21.3 Å². The molecule has 0 spiro atoms. The van der Waals surface area contributed by atoms with E-state index in [1.54, 1.807) is 6.92 Å². The standard InChI is InChI=1S/C31H55N5O11S/c1-23(21-48-22-25(32)37)30(44)35-19-26(38)33-15-16-46-17-18-47-20-27(39)36-24(12-13-29(42)43)31(45)34-14-10-8-6-4-2-3-5-7-9-11-28(40)41/h23-24H,2-22H2,1H3,(H2,32,37)(H,33,38)(H,34,45)(H,35,44)(H,36,39)(H,40,41)(H,42,43)/t23-,24-/m0/s1. The molecule has 0 saturated carbocycles. The second kappa shape index (κ2) is 29.7. The number of aliphatic carboxylic acids is 2. The number of amides is 5. The number of nitrogens with two attached hydrogens (primary N) is 1. The highest BCUT2D eigenvalue weighted by Gasteiger charge is 2.21. The van der Waals surface area contributed by atoms with Gasteiger partial charge < -0.3 is 46.7 Å². The fourth-order valence-electron chi connectivity index (χ4n) is 4.21. The van der Waals surface area contributed by atoms with Crippen LogP contribution in [0.3, 0.4) is 0 Å². The smallest absolute Gasteiger partial charge is 0.303 e. The third-order valence-corrected chi connectivity index (χ3v) is 8.05. The highest BCUT2D eigenvalue weighted by molar-refractivity contribution is 7.99. The molecular weight excluding hydrogens is 650 g/mol. The molecule has 276 valence electrons. The first kappa shape index (κ1) is 44.6. The summed E-state index contributed by atoms with van der Waals surface area (Å²) in [6, 6.07) is -1.01. The predicted molar refractivity (Wildman–Crippen MR) is 179 cm³/mol. The molecule has 0 rings (SSSR count). The van der Waals surface area contributed by atoms with Gasteiger partial charge in [-0.25, -0.2) is 0 Å². The normalized spacial score (nSPS) is 12.0. The number of primary amides is 1. The number of thioether (sulfide) groups is 1. The SMILES string of the molecule is C[C@@H](CSCC(N)=O)C(=O)NCC(=O)NCCOCCOCC(=O)N[C@@H](CCC(=O)O)C(=O)NCCCCCCCCCCCC(=O)O. The van der Waals surface area contributed by atoms with Crippen molar-refractivity contribution in [2.24, 2.45) is 11.7 Å². The van der Waals surface area contributed by atoms with Crippen molar-refractivity contribution < 1.29 is 53.2 Å². The molecule has 0 aliphatic rings. The molecule has 16 nitrogen and oxygen atoms in total. The highest BCUT2D eigenvalue weighted by Crippen LogP contribution is 2.11. The van der Waals surface area contributed by atoms with E-state index in [1.807, 2.05) is 0 Å². The summed E-state index contributed by atoms with van der Waals surface area (Å²) in [5, 5.41) is 28.0. The molecule has 17 heteroatoms. The van der Waals surface area contributed by atoms with Crippen LogP contribution in [0, 0.1) is 5.92 Å². The third kappa shape index (κ3) is 28.8. The summed E-state index contributed by atoms with van der Waals surface area (Å²) in [4.78, 5) is 81.1. The monoisotopic (exact) mass is 705 g/mol. The van der Waals surface area contributed by atoms with E-state index >= 15 is 0 Å². The third-order valence-electron chi connectivity index (χ3n) is 6.82. The van der Waals surface area contributed by atoms with Crippen molar-refractivity contribution in [3.8, 4) is 0 Å². The summed E-state index contributed by atoms with van der Waals surface area (Å²) < 4.78 is 10.6. The van der Waals surface area contributed by atoms with Gasteiger partial charge in [-0.05, 0) is 19.3 Å². The van der Waals surface area contributed by atoms with E-state index in [0.717, 1.165) is 51.4 Å². The first-order valence-corrected chi connectivity index (χ1v) is 17.6. The second-order valence-electron chi connectivity index (χ2n) is 11.3. The second-order valence-corrected chi connectivity index (χ2v) is 12.3. The Balaban J connectivity index is 4.02. The Morgan fingerprint density at radius 3 is 1.92 bits per heavy atom. The van der Waals surface area contributed by atoms with E-state index in [9.17, 15) is 33.6 Å². The molecule has 0 aliphatic carbocycles. The van der Waals surface area contributed by atoms with E-state index in [2.05, 4.69) is 21.3 Å². The molecule has 5 amide bonds. The van der Waals surface area contributed by atoms with Crippen molar-refractivity contribution in [3.05, 3.63) is 0 Å². The Labute approximate surface area is 286 Å². The molecule has 0 aromatic heterocycles. The van der Waals surface area contributed by atoms with Gasteiger partial charge in [0.15, 0.2) is 0 Å². The summed E-state index contributed by atoms with van der Waals surface area (Å²) in [6.45, 7) is 2.11. The minimum atomic E-state index is -1.08. The van der Waals surface area contributed by atoms with Crippen LogP contribution in [0.1, 0.15) is 84.0 Å². The average molecular weight is 706 g/mol. The Morgan fingerprint density at radius 2 is 1.29 bits per heavy atom. The predicted octanol–water partition coefficient (Wildman–Crippen LogP) is 0.558. The van der Waals surface area contributed by atoms with Gasteiger partial charge in [-0.2, -0.15) is 11.8 Å². The van der Waals surface area contributed by atoms with Crippen LogP contribution in [0.25, 0.3) is 0 Å². The molecule has 0 unspecified atom stereocenters. The number of nitrogens with one attached hydrogen (secondary N) is 4. The van der Waals surface area contributed by atoms with Gasteiger partial charge in [-0.15, -0.1) is 0 Å². The summed E-state index contributed by atoms with van der Waals surface area (Å²) in [6.07, 6.45) is 8.45. The molecule has 8 N–H and O–H groups in total. The van der Waals surface area contributed by atoms with Crippen LogP contribution in [0.15, 0.2) is 0 Å². The van der Waals surface area contributed by atoms with Gasteiger partial charge >= 0.3 is 11.9 Å². The number of unbranched alkanes of at least 4 members (excludes halogenated alkanes) is 8. The van der Waals surface area contributed by atoms with Crippen molar-refractivity contribution in [2.75, 3.05) is 57.6 Å². The number of ether oxygens (including phenoxy) is 2. The van der Waals surface area contributed by atoms with Gasteiger partial charge in [0.2, 0.25) is 29.5 Å². The van der Waals surface area contributed by atoms with E-state index in [1.165, 1.54) is 11.8 Å². The molecule has 0 fully saturated rings. The number of rotatable bonds is 32. The molecule has 0 heterocycles. The van der Waals surface area contributed by atoms with E-state index < -0.39 is 47.5 Å². The minimum Gasteiger partial charge on any atom is -0.481 e. The van der Waals surface area contributed by atoms with Gasteiger partial charge in [0.05, 0.1) is 32.1 Å². The molecule has 0 bridgehead atoms. The molecule has 0 aliphatic heterocycles. The summed E-state index contributed by atoms with van der Waals surface area (Å²) in [7, 11) is 0. The number of carboxylic acids is 2. The van der Waals surface area contributed by atoms with E-state index in [-0.39, 0.29) is 70.4 Å². The zero-order valence-electron chi connectivity index (χ0n) is 28.1. The fourth-order valence-corrected chi connectivity index (χ4v) is 5.03. The Morgan fingerprint density at radius 1 is 0.688 bits per heavy atom. The molecule has 0 aromatic carbocycles. The van der Waals surface area contributed by atoms with Crippen LogP contribution in [-0.2, 0) is 43.0 Å². The number of carbonyl (C=O) groups is 7. The van der Waals surface area contributed by atoms with Crippen LogP contribution < -0.4 is 27.0 Å². The summed E-state index contributed by atoms with van der Waals surface area (Å²) >= 11 is 1.24. The molecule has 48 heavy (non-hydrogen) atoms. The van der Waals surface area contributed by atoms with Gasteiger partial charge in [0, 0.05) is 37.6 Å². The van der Waals surface area contributed by atoms with Crippen molar-refractivity contribution >= 4 is 53.2 Å². The zero-order valence-corrected chi connectivity index (χ0v) is 28.9. The van der Waals surface area contributed by atoms with Crippen LogP contribution >= 0.6 is 11.8 Å². The largest absolute Gasteiger partial charge is 0.481 e. The maximum absolute atomic E-state index is 12.6. The number of hydrogen-bond donors (Lipinski definition) is 7. The minimum absolute atomic E-state index is 0.0626. The number of carbonyl (C=O) groups excluding carboxylic acids is 5. The van der Waals surface area contributed by atoms with Gasteiger partial charge in [0.25, 0.3) is 0 Å². The summed E-state index contributed by atoms with van der Waals surface area (Å²) in [5.74, 6) is -3.90. The van der Waals surface area contributed by atoms with Gasteiger partial charge in [-0.1, -0.05) is 51.9 Å². The van der Waals surface area contributed by atoms with Gasteiger partial charge in [-0.3, -0.25) is 33.6 Å². The molecule has 0 radical (unpaired) electrons. The van der Waals surface area contributed by atoms with E-state index in [0.29, 0.717) is 18.7 Å². The van der Waals surface area contributed by atoms with E-state index in [4.69, 9.17) is 25.4 Å². The molecule has 0 aromatic rings. The van der Waals surface area contributed by atoms with Crippen LogP contribution in [0.2, 0.25) is 0 Å². The van der Waals surface area contributed by atoms with Crippen LogP contribution in [0.4, 0.5) is 0 Å². The Bertz CT molecular complexity index is 987. The van der Waals surface area contributed by atoms with Crippen molar-refractivity contribution in [1.29, 1.82) is 0 Å².